The minimum absolute atomic E-state index is 0.0934. The van der Waals surface area contributed by atoms with Crippen LogP contribution in [0.15, 0.2) is 0 Å². The van der Waals surface area contributed by atoms with Crippen molar-refractivity contribution in [2.75, 3.05) is 13.1 Å². The molecule has 0 aromatic carbocycles. The predicted molar refractivity (Wildman–Crippen MR) is 46.6 cm³/mol. The summed E-state index contributed by atoms with van der Waals surface area (Å²) in [6.07, 6.45) is 0. The van der Waals surface area contributed by atoms with E-state index >= 15 is 0 Å². The largest absolute Gasteiger partial charge is 0.329 e. The quantitative estimate of drug-likeness (QED) is 0.538. The molecule has 0 fully saturated rings. The summed E-state index contributed by atoms with van der Waals surface area (Å²) < 4.78 is 2.59. The SMILES string of the molecule is CCN(CC)[SiH2]C(C)C. The van der Waals surface area contributed by atoms with Crippen LogP contribution in [0.1, 0.15) is 27.7 Å². The molecule has 0 aliphatic heterocycles. The van der Waals surface area contributed by atoms with Gasteiger partial charge in [-0.15, -0.1) is 0 Å². The standard InChI is InChI=1S/C7H19NSi/c1-5-8(6-2)9-7(3)4/h7H,5-6,9H2,1-4H3. The third-order valence-corrected chi connectivity index (χ3v) is 3.66. The third-order valence-electron chi connectivity index (χ3n) is 1.52. The summed E-state index contributed by atoms with van der Waals surface area (Å²) in [6, 6.07) is 0. The van der Waals surface area contributed by atoms with Crippen LogP contribution in [0.3, 0.4) is 0 Å². The van der Waals surface area contributed by atoms with E-state index in [4.69, 9.17) is 0 Å². The maximum absolute atomic E-state index is 2.59. The predicted octanol–water partition coefficient (Wildman–Crippen LogP) is 1.24. The maximum Gasteiger partial charge on any atom is 0.0975 e. The summed E-state index contributed by atoms with van der Waals surface area (Å²) in [6.45, 7) is 11.6. The lowest BCUT2D eigenvalue weighted by molar-refractivity contribution is 0.486. The highest BCUT2D eigenvalue weighted by atomic mass is 28.2. The van der Waals surface area contributed by atoms with Crippen LogP contribution in [0.25, 0.3) is 0 Å². The van der Waals surface area contributed by atoms with Gasteiger partial charge in [0.1, 0.15) is 0 Å². The van der Waals surface area contributed by atoms with Crippen molar-refractivity contribution in [1.29, 1.82) is 0 Å². The second-order valence-corrected chi connectivity index (χ2v) is 5.77. The Kier molecular flexibility index (Phi) is 5.10. The van der Waals surface area contributed by atoms with Gasteiger partial charge in [0.2, 0.25) is 0 Å². The van der Waals surface area contributed by atoms with Crippen LogP contribution in [0, 0.1) is 0 Å². The summed E-state index contributed by atoms with van der Waals surface area (Å²) >= 11 is 0. The molecule has 0 heterocycles. The van der Waals surface area contributed by atoms with Gasteiger partial charge in [-0.2, -0.15) is 0 Å². The van der Waals surface area contributed by atoms with Crippen LogP contribution in [-0.2, 0) is 0 Å². The Morgan fingerprint density at radius 1 is 1.22 bits per heavy atom. The number of hydrogen-bond acceptors (Lipinski definition) is 1. The van der Waals surface area contributed by atoms with Gasteiger partial charge >= 0.3 is 0 Å². The van der Waals surface area contributed by atoms with E-state index in [2.05, 4.69) is 32.3 Å². The fraction of sp³-hybridized carbons (Fsp3) is 1.00. The van der Waals surface area contributed by atoms with Gasteiger partial charge in [-0.3, -0.25) is 0 Å². The van der Waals surface area contributed by atoms with Gasteiger partial charge in [-0.1, -0.05) is 27.7 Å². The summed E-state index contributed by atoms with van der Waals surface area (Å²) in [5, 5.41) is 0. The van der Waals surface area contributed by atoms with Crippen LogP contribution >= 0.6 is 0 Å². The molecule has 0 aromatic rings. The Morgan fingerprint density at radius 2 is 1.67 bits per heavy atom. The van der Waals surface area contributed by atoms with Gasteiger partial charge in [0.15, 0.2) is 0 Å². The minimum atomic E-state index is 0.0934. The van der Waals surface area contributed by atoms with Gasteiger partial charge in [0.05, 0.1) is 9.68 Å². The topological polar surface area (TPSA) is 3.24 Å². The van der Waals surface area contributed by atoms with Crippen molar-refractivity contribution in [1.82, 2.24) is 4.57 Å². The van der Waals surface area contributed by atoms with Gasteiger partial charge < -0.3 is 4.57 Å². The average molecular weight is 145 g/mol. The molecule has 0 unspecified atom stereocenters. The molecule has 0 aliphatic rings. The van der Waals surface area contributed by atoms with Gasteiger partial charge in [0, 0.05) is 0 Å². The van der Waals surface area contributed by atoms with Crippen molar-refractivity contribution >= 4 is 9.68 Å². The Labute approximate surface area is 61.3 Å². The van der Waals surface area contributed by atoms with E-state index in [1.165, 1.54) is 13.1 Å². The zero-order valence-electron chi connectivity index (χ0n) is 7.15. The summed E-state index contributed by atoms with van der Waals surface area (Å²) in [5.74, 6) is 0. The van der Waals surface area contributed by atoms with E-state index in [0.29, 0.717) is 0 Å². The lowest BCUT2D eigenvalue weighted by atomic mass is 10.6. The Morgan fingerprint density at radius 3 is 1.78 bits per heavy atom. The second kappa shape index (κ2) is 5.00. The van der Waals surface area contributed by atoms with E-state index in [1.807, 2.05) is 0 Å². The molecule has 0 aromatic heterocycles. The molecule has 0 N–H and O–H groups in total. The van der Waals surface area contributed by atoms with Gasteiger partial charge in [-0.05, 0) is 18.6 Å². The molecule has 0 spiro atoms. The van der Waals surface area contributed by atoms with Gasteiger partial charge in [-0.25, -0.2) is 0 Å². The van der Waals surface area contributed by atoms with Crippen molar-refractivity contribution in [2.24, 2.45) is 0 Å². The molecule has 2 heteroatoms. The Balaban J connectivity index is 3.31. The minimum Gasteiger partial charge on any atom is -0.329 e. The molecule has 0 radical (unpaired) electrons. The molecular formula is C7H19NSi. The van der Waals surface area contributed by atoms with E-state index in [9.17, 15) is 0 Å². The molecule has 0 amide bonds. The molecule has 0 aliphatic carbocycles. The zero-order chi connectivity index (χ0) is 7.28. The van der Waals surface area contributed by atoms with Crippen molar-refractivity contribution in [3.05, 3.63) is 0 Å². The molecule has 0 rings (SSSR count). The smallest absolute Gasteiger partial charge is 0.0975 e. The summed E-state index contributed by atoms with van der Waals surface area (Å²) in [7, 11) is 0.0934. The van der Waals surface area contributed by atoms with E-state index in [1.54, 1.807) is 0 Å². The maximum atomic E-state index is 2.59. The normalized spacial score (nSPS) is 12.7. The molecule has 1 nitrogen and oxygen atoms in total. The van der Waals surface area contributed by atoms with E-state index < -0.39 is 0 Å². The van der Waals surface area contributed by atoms with Crippen molar-refractivity contribution in [2.45, 2.75) is 33.2 Å². The van der Waals surface area contributed by atoms with Crippen molar-refractivity contribution in [3.8, 4) is 0 Å². The van der Waals surface area contributed by atoms with Crippen LogP contribution < -0.4 is 0 Å². The van der Waals surface area contributed by atoms with Crippen LogP contribution in [-0.4, -0.2) is 27.3 Å². The third kappa shape index (κ3) is 4.67. The lowest BCUT2D eigenvalue weighted by Crippen LogP contribution is -2.28. The molecule has 56 valence electrons. The highest BCUT2D eigenvalue weighted by Crippen LogP contribution is 1.99. The first-order chi connectivity index (χ1) is 4.20. The van der Waals surface area contributed by atoms with E-state index in [-0.39, 0.29) is 9.68 Å². The first kappa shape index (κ1) is 9.18. The first-order valence-electron chi connectivity index (χ1n) is 3.93. The highest BCUT2D eigenvalue weighted by Gasteiger charge is 2.01. The fourth-order valence-corrected chi connectivity index (χ4v) is 2.55. The van der Waals surface area contributed by atoms with Crippen molar-refractivity contribution < 1.29 is 0 Å². The molecule has 0 saturated carbocycles. The number of hydrogen-bond donors (Lipinski definition) is 0. The lowest BCUT2D eigenvalue weighted by Gasteiger charge is -2.19. The zero-order valence-corrected chi connectivity index (χ0v) is 8.56. The Bertz CT molecular complexity index is 59.9. The summed E-state index contributed by atoms with van der Waals surface area (Å²) in [5.41, 5.74) is 0.949. The number of rotatable bonds is 4. The Hall–Kier alpha value is 0.177. The average Bonchev–Trinajstić information content (AvgIpc) is 1.82. The molecule has 0 atom stereocenters. The molecular weight excluding hydrogens is 126 g/mol. The number of nitrogens with zero attached hydrogens (tertiary/aromatic N) is 1. The molecule has 0 bridgehead atoms. The first-order valence-corrected chi connectivity index (χ1v) is 5.37. The monoisotopic (exact) mass is 145 g/mol. The van der Waals surface area contributed by atoms with E-state index in [0.717, 1.165) is 5.54 Å². The second-order valence-electron chi connectivity index (χ2n) is 2.88. The molecule has 9 heavy (non-hydrogen) atoms. The fourth-order valence-electron chi connectivity index (χ4n) is 0.998. The van der Waals surface area contributed by atoms with Crippen LogP contribution in [0.5, 0.6) is 0 Å². The summed E-state index contributed by atoms with van der Waals surface area (Å²) in [4.78, 5) is 0. The highest BCUT2D eigenvalue weighted by molar-refractivity contribution is 6.33. The van der Waals surface area contributed by atoms with Gasteiger partial charge in [0.25, 0.3) is 0 Å². The molecule has 0 saturated heterocycles. The van der Waals surface area contributed by atoms with Crippen molar-refractivity contribution in [3.63, 3.8) is 0 Å². The van der Waals surface area contributed by atoms with Crippen LogP contribution in [0.4, 0.5) is 0 Å². The van der Waals surface area contributed by atoms with Crippen LogP contribution in [0.2, 0.25) is 5.54 Å².